The third-order valence-corrected chi connectivity index (χ3v) is 3.10. The molecular formula is C8H19NO3S2. The van der Waals surface area contributed by atoms with Gasteiger partial charge < -0.3 is 15.0 Å². The Bertz CT molecular complexity index is 158. The summed E-state index contributed by atoms with van der Waals surface area (Å²) in [5.41, 5.74) is 0. The van der Waals surface area contributed by atoms with Crippen molar-refractivity contribution in [3.8, 4) is 0 Å². The molecule has 0 bridgehead atoms. The van der Waals surface area contributed by atoms with Crippen molar-refractivity contribution in [3.05, 3.63) is 0 Å². The number of thioether (sulfide) groups is 1. The minimum Gasteiger partial charge on any atom is -0.395 e. The summed E-state index contributed by atoms with van der Waals surface area (Å²) in [6.45, 7) is 0.814. The molecule has 0 aliphatic heterocycles. The van der Waals surface area contributed by atoms with Crippen molar-refractivity contribution in [1.29, 1.82) is 0 Å². The molecule has 0 aromatic rings. The van der Waals surface area contributed by atoms with E-state index in [0.717, 1.165) is 12.2 Å². The van der Waals surface area contributed by atoms with Gasteiger partial charge in [0.25, 0.3) is 0 Å². The average molecular weight is 241 g/mol. The van der Waals surface area contributed by atoms with E-state index in [0.29, 0.717) is 18.7 Å². The number of nitrogens with one attached hydrogen (secondary N) is 1. The summed E-state index contributed by atoms with van der Waals surface area (Å²) < 4.78 is 18.8. The first kappa shape index (κ1) is 14.4. The molecule has 86 valence electrons. The predicted octanol–water partition coefficient (Wildman–Crippen LogP) is 0.302. The summed E-state index contributed by atoms with van der Waals surface area (Å²) in [6.07, 6.45) is 3.63. The van der Waals surface area contributed by atoms with E-state index in [9.17, 15) is 4.21 Å². The zero-order valence-corrected chi connectivity index (χ0v) is 10.1. The molecule has 0 saturated carbocycles. The van der Waals surface area contributed by atoms with Gasteiger partial charge in [-0.05, 0) is 31.4 Å². The minimum absolute atomic E-state index is 0.120. The van der Waals surface area contributed by atoms with Crippen LogP contribution in [-0.4, -0.2) is 50.8 Å². The van der Waals surface area contributed by atoms with E-state index in [1.807, 2.05) is 6.26 Å². The van der Waals surface area contributed by atoms with E-state index >= 15 is 0 Å². The lowest BCUT2D eigenvalue weighted by atomic mass is 10.2. The standard InChI is InChI=1S/C8H19NO3S2/c1-13-5-3-8(7-10)9-4-2-6-14(11)12/h8-10H,2-7H2,1H3,(H,11,12). The molecule has 0 saturated heterocycles. The molecule has 2 unspecified atom stereocenters. The molecule has 0 radical (unpaired) electrons. The molecule has 0 aliphatic rings. The highest BCUT2D eigenvalue weighted by Crippen LogP contribution is 2.00. The average Bonchev–Trinajstić information content (AvgIpc) is 2.16. The van der Waals surface area contributed by atoms with Gasteiger partial charge in [-0.1, -0.05) is 0 Å². The fraction of sp³-hybridized carbons (Fsp3) is 1.00. The Morgan fingerprint density at radius 2 is 2.29 bits per heavy atom. The summed E-state index contributed by atoms with van der Waals surface area (Å²) in [5, 5.41) is 12.1. The highest BCUT2D eigenvalue weighted by atomic mass is 32.2. The molecule has 0 heterocycles. The zero-order chi connectivity index (χ0) is 10.8. The van der Waals surface area contributed by atoms with E-state index in [1.54, 1.807) is 11.8 Å². The Morgan fingerprint density at radius 3 is 2.79 bits per heavy atom. The van der Waals surface area contributed by atoms with Gasteiger partial charge in [0.1, 0.15) is 0 Å². The van der Waals surface area contributed by atoms with Gasteiger partial charge in [0.15, 0.2) is 11.1 Å². The smallest absolute Gasteiger partial charge is 0.152 e. The molecule has 4 nitrogen and oxygen atoms in total. The molecule has 2 atom stereocenters. The lowest BCUT2D eigenvalue weighted by Crippen LogP contribution is -2.34. The Balaban J connectivity index is 3.37. The van der Waals surface area contributed by atoms with Gasteiger partial charge in [0.2, 0.25) is 0 Å². The lowest BCUT2D eigenvalue weighted by molar-refractivity contribution is 0.240. The summed E-state index contributed by atoms with van der Waals surface area (Å²) in [4.78, 5) is 0. The van der Waals surface area contributed by atoms with Gasteiger partial charge in [-0.25, -0.2) is 4.21 Å². The van der Waals surface area contributed by atoms with Crippen molar-refractivity contribution in [3.63, 3.8) is 0 Å². The van der Waals surface area contributed by atoms with Crippen molar-refractivity contribution >= 4 is 22.8 Å². The Hall–Kier alpha value is 0.380. The normalized spacial score (nSPS) is 15.4. The molecule has 14 heavy (non-hydrogen) atoms. The van der Waals surface area contributed by atoms with Crippen LogP contribution in [0.5, 0.6) is 0 Å². The first-order valence-electron chi connectivity index (χ1n) is 4.61. The maximum Gasteiger partial charge on any atom is 0.152 e. The van der Waals surface area contributed by atoms with E-state index in [1.165, 1.54) is 0 Å². The number of aliphatic hydroxyl groups is 1. The predicted molar refractivity (Wildman–Crippen MR) is 62.1 cm³/mol. The lowest BCUT2D eigenvalue weighted by Gasteiger charge is -2.14. The van der Waals surface area contributed by atoms with Gasteiger partial charge in [-0.2, -0.15) is 11.8 Å². The van der Waals surface area contributed by atoms with Crippen LogP contribution in [0.2, 0.25) is 0 Å². The van der Waals surface area contributed by atoms with Crippen LogP contribution in [0.3, 0.4) is 0 Å². The molecule has 0 amide bonds. The Kier molecular flexibility index (Phi) is 10.2. The summed E-state index contributed by atoms with van der Waals surface area (Å²) in [5.74, 6) is 1.32. The maximum atomic E-state index is 10.3. The van der Waals surface area contributed by atoms with Crippen LogP contribution in [0.4, 0.5) is 0 Å². The van der Waals surface area contributed by atoms with Crippen LogP contribution in [0.1, 0.15) is 12.8 Å². The second-order valence-corrected chi connectivity index (χ2v) is 5.03. The quantitative estimate of drug-likeness (QED) is 0.400. The van der Waals surface area contributed by atoms with Gasteiger partial charge in [0, 0.05) is 6.04 Å². The fourth-order valence-corrected chi connectivity index (χ4v) is 1.93. The fourth-order valence-electron chi connectivity index (χ4n) is 1.02. The van der Waals surface area contributed by atoms with Crippen LogP contribution in [0.15, 0.2) is 0 Å². The van der Waals surface area contributed by atoms with Crippen LogP contribution < -0.4 is 5.32 Å². The van der Waals surface area contributed by atoms with Crippen molar-refractivity contribution in [1.82, 2.24) is 5.32 Å². The Morgan fingerprint density at radius 1 is 1.57 bits per heavy atom. The van der Waals surface area contributed by atoms with Gasteiger partial charge in [-0.3, -0.25) is 0 Å². The van der Waals surface area contributed by atoms with Crippen LogP contribution >= 0.6 is 11.8 Å². The molecule has 0 spiro atoms. The Labute approximate surface area is 92.1 Å². The molecule has 0 aromatic carbocycles. The molecule has 0 aliphatic carbocycles. The number of aliphatic hydroxyl groups excluding tert-OH is 1. The van der Waals surface area contributed by atoms with E-state index in [2.05, 4.69) is 5.32 Å². The highest BCUT2D eigenvalue weighted by Gasteiger charge is 2.05. The van der Waals surface area contributed by atoms with Crippen molar-refractivity contribution < 1.29 is 13.9 Å². The topological polar surface area (TPSA) is 69.6 Å². The third-order valence-electron chi connectivity index (χ3n) is 1.82. The van der Waals surface area contributed by atoms with E-state index in [-0.39, 0.29) is 12.6 Å². The summed E-state index contributed by atoms with van der Waals surface area (Å²) >= 11 is 0.0555. The second-order valence-electron chi connectivity index (χ2n) is 2.99. The van der Waals surface area contributed by atoms with Crippen molar-refractivity contribution in [2.45, 2.75) is 18.9 Å². The largest absolute Gasteiger partial charge is 0.395 e. The van der Waals surface area contributed by atoms with E-state index in [4.69, 9.17) is 9.66 Å². The first-order chi connectivity index (χ1) is 6.70. The number of hydrogen-bond acceptors (Lipinski definition) is 4. The van der Waals surface area contributed by atoms with Crippen LogP contribution in [0.25, 0.3) is 0 Å². The minimum atomic E-state index is -1.69. The van der Waals surface area contributed by atoms with Gasteiger partial charge >= 0.3 is 0 Å². The van der Waals surface area contributed by atoms with E-state index < -0.39 is 11.1 Å². The number of rotatable bonds is 9. The van der Waals surface area contributed by atoms with Crippen molar-refractivity contribution in [2.24, 2.45) is 0 Å². The monoisotopic (exact) mass is 241 g/mol. The molecule has 6 heteroatoms. The molecule has 0 aromatic heterocycles. The molecule has 0 fully saturated rings. The van der Waals surface area contributed by atoms with Crippen molar-refractivity contribution in [2.75, 3.05) is 30.9 Å². The van der Waals surface area contributed by atoms with Crippen LogP contribution in [-0.2, 0) is 11.1 Å². The summed E-state index contributed by atoms with van der Waals surface area (Å²) in [6, 6.07) is 0.120. The van der Waals surface area contributed by atoms with Gasteiger partial charge in [0.05, 0.1) is 12.4 Å². The first-order valence-corrected chi connectivity index (χ1v) is 7.28. The SMILES string of the molecule is CSCCC(CO)NCCCS(=O)O. The highest BCUT2D eigenvalue weighted by molar-refractivity contribution is 7.98. The molecular weight excluding hydrogens is 222 g/mol. The summed E-state index contributed by atoms with van der Waals surface area (Å²) in [7, 11) is 0. The zero-order valence-electron chi connectivity index (χ0n) is 8.44. The van der Waals surface area contributed by atoms with Crippen LogP contribution in [0, 0.1) is 0 Å². The molecule has 3 N–H and O–H groups in total. The third kappa shape index (κ3) is 8.96. The maximum absolute atomic E-state index is 10.3. The van der Waals surface area contributed by atoms with Gasteiger partial charge in [-0.15, -0.1) is 0 Å². The second kappa shape index (κ2) is 9.92. The molecule has 0 rings (SSSR count). The number of hydrogen-bond donors (Lipinski definition) is 3.